The molecule has 0 radical (unpaired) electrons. The van der Waals surface area contributed by atoms with E-state index in [9.17, 15) is 9.59 Å². The average Bonchev–Trinajstić information content (AvgIpc) is 2.75. The van der Waals surface area contributed by atoms with Gasteiger partial charge in [-0.15, -0.1) is 0 Å². The van der Waals surface area contributed by atoms with E-state index in [2.05, 4.69) is 20.6 Å². The van der Waals surface area contributed by atoms with Crippen LogP contribution in [0.4, 0.5) is 0 Å². The van der Waals surface area contributed by atoms with Crippen molar-refractivity contribution >= 4 is 11.8 Å². The van der Waals surface area contributed by atoms with E-state index in [1.807, 2.05) is 0 Å². The molecule has 28 heavy (non-hydrogen) atoms. The topological polar surface area (TPSA) is 102 Å². The molecular formula is C20H24N4O4. The van der Waals surface area contributed by atoms with E-state index in [-0.39, 0.29) is 35.3 Å². The number of hydrogen-bond donors (Lipinski definition) is 2. The molecule has 8 nitrogen and oxygen atoms in total. The third-order valence-corrected chi connectivity index (χ3v) is 4.80. The minimum Gasteiger partial charge on any atom is -0.497 e. The number of pyridine rings is 2. The van der Waals surface area contributed by atoms with Crippen LogP contribution >= 0.6 is 0 Å². The molecule has 2 amide bonds. The molecule has 2 atom stereocenters. The second-order valence-electron chi connectivity index (χ2n) is 6.61. The van der Waals surface area contributed by atoms with E-state index in [1.165, 1.54) is 26.6 Å². The zero-order valence-corrected chi connectivity index (χ0v) is 16.0. The Morgan fingerprint density at radius 1 is 0.857 bits per heavy atom. The second-order valence-corrected chi connectivity index (χ2v) is 6.61. The van der Waals surface area contributed by atoms with Crippen LogP contribution in [0.5, 0.6) is 11.5 Å². The number of carbonyl (C=O) groups excluding carboxylic acids is 2. The summed E-state index contributed by atoms with van der Waals surface area (Å²) in [6, 6.07) is 6.19. The fourth-order valence-corrected chi connectivity index (χ4v) is 3.29. The number of hydrogen-bond acceptors (Lipinski definition) is 6. The molecule has 1 aliphatic rings. The van der Waals surface area contributed by atoms with Crippen molar-refractivity contribution in [3.05, 3.63) is 48.0 Å². The highest BCUT2D eigenvalue weighted by atomic mass is 16.5. The third-order valence-electron chi connectivity index (χ3n) is 4.80. The second kappa shape index (κ2) is 9.16. The van der Waals surface area contributed by atoms with Gasteiger partial charge in [0, 0.05) is 36.6 Å². The van der Waals surface area contributed by atoms with Gasteiger partial charge in [-0.2, -0.15) is 0 Å². The molecule has 1 aliphatic carbocycles. The van der Waals surface area contributed by atoms with Gasteiger partial charge < -0.3 is 20.1 Å². The quantitative estimate of drug-likeness (QED) is 0.789. The van der Waals surface area contributed by atoms with E-state index >= 15 is 0 Å². The lowest BCUT2D eigenvalue weighted by Crippen LogP contribution is -2.53. The van der Waals surface area contributed by atoms with E-state index in [0.29, 0.717) is 11.5 Å². The molecule has 0 spiro atoms. The maximum absolute atomic E-state index is 12.6. The van der Waals surface area contributed by atoms with E-state index in [1.54, 1.807) is 24.3 Å². The van der Waals surface area contributed by atoms with Crippen LogP contribution in [0.15, 0.2) is 36.7 Å². The average molecular weight is 384 g/mol. The van der Waals surface area contributed by atoms with Crippen LogP contribution in [-0.4, -0.2) is 48.1 Å². The number of aromatic nitrogens is 2. The Morgan fingerprint density at radius 3 is 1.68 bits per heavy atom. The zero-order chi connectivity index (χ0) is 19.9. The molecule has 2 aromatic rings. The van der Waals surface area contributed by atoms with E-state index in [0.717, 1.165) is 25.7 Å². The van der Waals surface area contributed by atoms with Gasteiger partial charge in [-0.3, -0.25) is 19.6 Å². The van der Waals surface area contributed by atoms with Crippen molar-refractivity contribution in [2.75, 3.05) is 14.2 Å². The Kier molecular flexibility index (Phi) is 6.41. The van der Waals surface area contributed by atoms with Crippen LogP contribution in [0.25, 0.3) is 0 Å². The first kappa shape index (κ1) is 19.6. The summed E-state index contributed by atoms with van der Waals surface area (Å²) in [7, 11) is 3.08. The molecule has 148 valence electrons. The molecule has 0 aromatic carbocycles. The molecule has 8 heteroatoms. The molecule has 2 aromatic heterocycles. The SMILES string of the molecule is COc1ccnc(C(=O)N[C@@H]2CCCC[C@H]2NC(=O)c2cc(OC)ccn2)c1. The summed E-state index contributed by atoms with van der Waals surface area (Å²) in [5, 5.41) is 6.00. The first-order chi connectivity index (χ1) is 13.6. The van der Waals surface area contributed by atoms with Crippen molar-refractivity contribution in [3.8, 4) is 11.5 Å². The van der Waals surface area contributed by atoms with Gasteiger partial charge in [0.2, 0.25) is 0 Å². The summed E-state index contributed by atoms with van der Waals surface area (Å²) in [4.78, 5) is 33.4. The van der Waals surface area contributed by atoms with Gasteiger partial charge in [-0.1, -0.05) is 12.8 Å². The first-order valence-corrected chi connectivity index (χ1v) is 9.22. The Morgan fingerprint density at radius 2 is 1.29 bits per heavy atom. The molecule has 2 N–H and O–H groups in total. The van der Waals surface area contributed by atoms with Crippen molar-refractivity contribution in [1.82, 2.24) is 20.6 Å². The lowest BCUT2D eigenvalue weighted by Gasteiger charge is -2.32. The number of amides is 2. The Labute approximate surface area is 163 Å². The lowest BCUT2D eigenvalue weighted by atomic mass is 9.90. The highest BCUT2D eigenvalue weighted by molar-refractivity contribution is 5.94. The monoisotopic (exact) mass is 384 g/mol. The number of nitrogens with zero attached hydrogens (tertiary/aromatic N) is 2. The van der Waals surface area contributed by atoms with Crippen molar-refractivity contribution < 1.29 is 19.1 Å². The molecule has 0 bridgehead atoms. The summed E-state index contributed by atoms with van der Waals surface area (Å²) in [5.74, 6) is 0.560. The molecule has 2 heterocycles. The van der Waals surface area contributed by atoms with Gasteiger partial charge in [0.05, 0.1) is 14.2 Å². The summed E-state index contributed by atoms with van der Waals surface area (Å²) in [6.45, 7) is 0. The van der Waals surface area contributed by atoms with E-state index < -0.39 is 0 Å². The van der Waals surface area contributed by atoms with Gasteiger partial charge in [-0.05, 0) is 25.0 Å². The molecule has 0 unspecified atom stereocenters. The first-order valence-electron chi connectivity index (χ1n) is 9.22. The minimum absolute atomic E-state index is 0.177. The van der Waals surface area contributed by atoms with Gasteiger partial charge in [0.25, 0.3) is 11.8 Å². The fraction of sp³-hybridized carbons (Fsp3) is 0.400. The number of methoxy groups -OCH3 is 2. The fourth-order valence-electron chi connectivity index (χ4n) is 3.29. The van der Waals surface area contributed by atoms with Crippen molar-refractivity contribution in [3.63, 3.8) is 0 Å². The molecule has 0 saturated heterocycles. The number of ether oxygens (including phenoxy) is 2. The molecule has 3 rings (SSSR count). The minimum atomic E-state index is -0.287. The van der Waals surface area contributed by atoms with Crippen LogP contribution in [0, 0.1) is 0 Å². The molecular weight excluding hydrogens is 360 g/mol. The number of carbonyl (C=O) groups is 2. The molecule has 1 saturated carbocycles. The standard InChI is InChI=1S/C20H24N4O4/c1-27-13-7-9-21-17(11-13)19(25)23-15-5-3-4-6-16(15)24-20(26)18-12-14(28-2)8-10-22-18/h7-12,15-16H,3-6H2,1-2H3,(H,23,25)(H,24,26)/t15-,16-/m1/s1. The Hall–Kier alpha value is -3.16. The van der Waals surface area contributed by atoms with Gasteiger partial charge >= 0.3 is 0 Å². The summed E-state index contributed by atoms with van der Waals surface area (Å²) in [5.41, 5.74) is 0.564. The summed E-state index contributed by atoms with van der Waals surface area (Å²) < 4.78 is 10.3. The normalized spacial score (nSPS) is 18.8. The van der Waals surface area contributed by atoms with Gasteiger partial charge in [0.15, 0.2) is 0 Å². The third kappa shape index (κ3) is 4.76. The van der Waals surface area contributed by atoms with Crippen molar-refractivity contribution in [2.45, 2.75) is 37.8 Å². The highest BCUT2D eigenvalue weighted by Gasteiger charge is 2.29. The largest absolute Gasteiger partial charge is 0.497 e. The zero-order valence-electron chi connectivity index (χ0n) is 16.0. The Balaban J connectivity index is 1.67. The van der Waals surface area contributed by atoms with Crippen molar-refractivity contribution in [1.29, 1.82) is 0 Å². The molecule has 1 fully saturated rings. The van der Waals surface area contributed by atoms with Crippen LogP contribution in [0.2, 0.25) is 0 Å². The Bertz CT molecular complexity index is 773. The summed E-state index contributed by atoms with van der Waals surface area (Å²) >= 11 is 0. The predicted molar refractivity (Wildman–Crippen MR) is 103 cm³/mol. The smallest absolute Gasteiger partial charge is 0.270 e. The van der Waals surface area contributed by atoms with Crippen LogP contribution in [0.3, 0.4) is 0 Å². The van der Waals surface area contributed by atoms with Gasteiger partial charge in [0.1, 0.15) is 22.9 Å². The number of nitrogens with one attached hydrogen (secondary N) is 2. The van der Waals surface area contributed by atoms with E-state index in [4.69, 9.17) is 9.47 Å². The maximum Gasteiger partial charge on any atom is 0.270 e. The lowest BCUT2D eigenvalue weighted by molar-refractivity contribution is 0.0857. The summed E-state index contributed by atoms with van der Waals surface area (Å²) in [6.07, 6.45) is 6.60. The highest BCUT2D eigenvalue weighted by Crippen LogP contribution is 2.20. The van der Waals surface area contributed by atoms with Crippen LogP contribution < -0.4 is 20.1 Å². The van der Waals surface area contributed by atoms with Crippen LogP contribution in [0.1, 0.15) is 46.7 Å². The number of rotatable bonds is 6. The maximum atomic E-state index is 12.6. The van der Waals surface area contributed by atoms with Crippen LogP contribution in [-0.2, 0) is 0 Å². The van der Waals surface area contributed by atoms with Gasteiger partial charge in [-0.25, -0.2) is 0 Å². The predicted octanol–water partition coefficient (Wildman–Crippen LogP) is 1.96. The van der Waals surface area contributed by atoms with Crippen molar-refractivity contribution in [2.24, 2.45) is 0 Å². The molecule has 0 aliphatic heterocycles.